The summed E-state index contributed by atoms with van der Waals surface area (Å²) in [7, 11) is 0. The van der Waals surface area contributed by atoms with Gasteiger partial charge < -0.3 is 0 Å². The minimum atomic E-state index is -0.719. The van der Waals surface area contributed by atoms with Gasteiger partial charge in [0.05, 0.1) is 0 Å². The lowest BCUT2D eigenvalue weighted by Gasteiger charge is -2.37. The first-order valence-electron chi connectivity index (χ1n) is 7.35. The normalized spacial score (nSPS) is 24.4. The van der Waals surface area contributed by atoms with E-state index in [2.05, 4.69) is 11.4 Å². The Morgan fingerprint density at radius 2 is 2.00 bits per heavy atom. The molecule has 0 saturated carbocycles. The number of urea groups is 1. The van der Waals surface area contributed by atoms with Crippen LogP contribution in [0.3, 0.4) is 0 Å². The number of benzene rings is 1. The molecule has 1 aliphatic carbocycles. The third-order valence-electron chi connectivity index (χ3n) is 4.30. The van der Waals surface area contributed by atoms with Crippen molar-refractivity contribution < 1.29 is 14.4 Å². The lowest BCUT2D eigenvalue weighted by Crippen LogP contribution is -2.59. The van der Waals surface area contributed by atoms with Crippen molar-refractivity contribution in [3.63, 3.8) is 0 Å². The first kappa shape index (κ1) is 13.8. The van der Waals surface area contributed by atoms with Crippen molar-refractivity contribution in [1.29, 1.82) is 0 Å². The molecule has 3 rings (SSSR count). The molecule has 5 heteroatoms. The van der Waals surface area contributed by atoms with E-state index in [0.717, 1.165) is 12.8 Å². The summed E-state index contributed by atoms with van der Waals surface area (Å²) in [5.74, 6) is -1.35. The molecule has 2 unspecified atom stereocenters. The molecule has 1 aromatic carbocycles. The molecule has 110 valence electrons. The molecule has 1 heterocycles. The third kappa shape index (κ3) is 2.33. The molecular formula is C16H18N2O3. The Morgan fingerprint density at radius 3 is 2.71 bits per heavy atom. The summed E-state index contributed by atoms with van der Waals surface area (Å²) in [4.78, 5) is 37.2. The van der Waals surface area contributed by atoms with Crippen LogP contribution in [0.4, 0.5) is 4.79 Å². The van der Waals surface area contributed by atoms with Crippen molar-refractivity contribution in [3.05, 3.63) is 35.4 Å². The van der Waals surface area contributed by atoms with Gasteiger partial charge in [-0.1, -0.05) is 37.6 Å². The fraction of sp³-hybridized carbons (Fsp3) is 0.438. The van der Waals surface area contributed by atoms with Crippen LogP contribution in [-0.2, 0) is 16.0 Å². The van der Waals surface area contributed by atoms with Crippen molar-refractivity contribution in [1.82, 2.24) is 10.2 Å². The number of amides is 4. The molecule has 0 radical (unpaired) electrons. The molecule has 4 amide bonds. The molecule has 1 aliphatic heterocycles. The van der Waals surface area contributed by atoms with Crippen molar-refractivity contribution in [3.8, 4) is 0 Å². The van der Waals surface area contributed by atoms with Gasteiger partial charge >= 0.3 is 6.03 Å². The van der Waals surface area contributed by atoms with E-state index in [1.54, 1.807) is 0 Å². The minimum Gasteiger partial charge on any atom is -0.277 e. The Balaban J connectivity index is 1.74. The lowest BCUT2D eigenvalue weighted by atomic mass is 9.77. The van der Waals surface area contributed by atoms with Crippen LogP contribution >= 0.6 is 0 Å². The molecule has 1 saturated heterocycles. The minimum absolute atomic E-state index is 0.186. The highest BCUT2D eigenvalue weighted by atomic mass is 16.2. The fourth-order valence-electron chi connectivity index (χ4n) is 3.12. The van der Waals surface area contributed by atoms with E-state index in [1.807, 2.05) is 25.1 Å². The summed E-state index contributed by atoms with van der Waals surface area (Å²) in [6.07, 6.45) is 2.09. The molecule has 1 aromatic rings. The van der Waals surface area contributed by atoms with Gasteiger partial charge in [-0.15, -0.1) is 0 Å². The van der Waals surface area contributed by atoms with E-state index >= 15 is 0 Å². The number of imide groups is 2. The molecule has 5 nitrogen and oxygen atoms in total. The molecule has 2 aliphatic rings. The van der Waals surface area contributed by atoms with Crippen LogP contribution in [0.1, 0.15) is 36.8 Å². The highest BCUT2D eigenvalue weighted by Crippen LogP contribution is 2.36. The fourth-order valence-corrected chi connectivity index (χ4v) is 3.12. The van der Waals surface area contributed by atoms with Crippen LogP contribution in [0.5, 0.6) is 0 Å². The van der Waals surface area contributed by atoms with E-state index < -0.39 is 17.9 Å². The molecule has 2 atom stereocenters. The Hall–Kier alpha value is -2.17. The highest BCUT2D eigenvalue weighted by Gasteiger charge is 2.41. The number of hydrogen-bond donors (Lipinski definition) is 1. The zero-order chi connectivity index (χ0) is 15.0. The van der Waals surface area contributed by atoms with Crippen molar-refractivity contribution in [2.45, 2.75) is 32.1 Å². The molecule has 0 bridgehead atoms. The van der Waals surface area contributed by atoms with Crippen LogP contribution in [-0.4, -0.2) is 29.3 Å². The van der Waals surface area contributed by atoms with Gasteiger partial charge in [0.25, 0.3) is 0 Å². The second kappa shape index (κ2) is 5.31. The van der Waals surface area contributed by atoms with Gasteiger partial charge in [-0.3, -0.25) is 19.8 Å². The van der Waals surface area contributed by atoms with E-state index in [0.29, 0.717) is 13.0 Å². The van der Waals surface area contributed by atoms with Crippen molar-refractivity contribution >= 4 is 17.8 Å². The third-order valence-corrected chi connectivity index (χ3v) is 4.30. The molecular weight excluding hydrogens is 268 g/mol. The van der Waals surface area contributed by atoms with Gasteiger partial charge in [-0.2, -0.15) is 0 Å². The average Bonchev–Trinajstić information content (AvgIpc) is 2.43. The second-order valence-electron chi connectivity index (χ2n) is 5.68. The monoisotopic (exact) mass is 286 g/mol. The predicted octanol–water partition coefficient (Wildman–Crippen LogP) is 1.82. The van der Waals surface area contributed by atoms with Gasteiger partial charge in [-0.05, 0) is 24.0 Å². The van der Waals surface area contributed by atoms with Gasteiger partial charge in [0.1, 0.15) is 5.92 Å². The zero-order valence-corrected chi connectivity index (χ0v) is 12.0. The van der Waals surface area contributed by atoms with Gasteiger partial charge in [0.2, 0.25) is 11.8 Å². The largest absolute Gasteiger partial charge is 0.330 e. The summed E-state index contributed by atoms with van der Waals surface area (Å²) < 4.78 is 0. The molecule has 0 spiro atoms. The smallest absolute Gasteiger partial charge is 0.277 e. The predicted molar refractivity (Wildman–Crippen MR) is 76.5 cm³/mol. The maximum Gasteiger partial charge on any atom is 0.330 e. The van der Waals surface area contributed by atoms with Crippen LogP contribution in [0.25, 0.3) is 0 Å². The van der Waals surface area contributed by atoms with E-state index in [9.17, 15) is 14.4 Å². The van der Waals surface area contributed by atoms with Crippen molar-refractivity contribution in [2.24, 2.45) is 5.92 Å². The number of carbonyl (C=O) groups excluding carboxylic acids is 3. The Morgan fingerprint density at radius 1 is 1.24 bits per heavy atom. The second-order valence-corrected chi connectivity index (χ2v) is 5.68. The number of nitrogens with one attached hydrogen (secondary N) is 1. The average molecular weight is 286 g/mol. The van der Waals surface area contributed by atoms with Crippen molar-refractivity contribution in [2.75, 3.05) is 6.54 Å². The summed E-state index contributed by atoms with van der Waals surface area (Å²) in [6.45, 7) is 2.28. The highest BCUT2D eigenvalue weighted by molar-refractivity contribution is 6.16. The van der Waals surface area contributed by atoms with E-state index in [1.165, 1.54) is 16.0 Å². The quantitative estimate of drug-likeness (QED) is 0.859. The Labute approximate surface area is 123 Å². The maximum atomic E-state index is 12.4. The van der Waals surface area contributed by atoms with Crippen LogP contribution in [0.15, 0.2) is 24.3 Å². The van der Waals surface area contributed by atoms with Gasteiger partial charge in [0.15, 0.2) is 0 Å². The number of hydrogen-bond acceptors (Lipinski definition) is 3. The number of nitrogens with zero attached hydrogens (tertiary/aromatic N) is 1. The summed E-state index contributed by atoms with van der Waals surface area (Å²) in [6, 6.07) is 7.47. The standard InChI is InChI=1S/C16H18N2O3/c1-2-5-13-14(19)17-16(21)18(15(13)20)9-11-8-10-6-3-4-7-12(10)11/h3-4,6-7,11,13H,2,5,8-9H2,1H3,(H,17,19,21). The molecule has 1 fully saturated rings. The summed E-state index contributed by atoms with van der Waals surface area (Å²) in [5.41, 5.74) is 2.47. The number of carbonyl (C=O) groups is 3. The number of rotatable bonds is 4. The van der Waals surface area contributed by atoms with Gasteiger partial charge in [-0.25, -0.2) is 4.79 Å². The first-order chi connectivity index (χ1) is 10.1. The van der Waals surface area contributed by atoms with Crippen LogP contribution in [0.2, 0.25) is 0 Å². The zero-order valence-electron chi connectivity index (χ0n) is 12.0. The first-order valence-corrected chi connectivity index (χ1v) is 7.35. The lowest BCUT2D eigenvalue weighted by molar-refractivity contribution is -0.143. The number of fused-ring (bicyclic) bond motifs is 1. The Kier molecular flexibility index (Phi) is 3.49. The topological polar surface area (TPSA) is 66.5 Å². The number of barbiturate groups is 1. The van der Waals surface area contributed by atoms with Gasteiger partial charge in [0, 0.05) is 12.5 Å². The SMILES string of the molecule is CCCC1C(=O)NC(=O)N(CC2Cc3ccccc32)C1=O. The van der Waals surface area contributed by atoms with Crippen LogP contribution in [0, 0.1) is 5.92 Å². The molecule has 0 aromatic heterocycles. The summed E-state index contributed by atoms with van der Waals surface area (Å²) >= 11 is 0. The van der Waals surface area contributed by atoms with E-state index in [-0.39, 0.29) is 11.8 Å². The van der Waals surface area contributed by atoms with E-state index in [4.69, 9.17) is 0 Å². The molecule has 21 heavy (non-hydrogen) atoms. The molecule has 1 N–H and O–H groups in total. The maximum absolute atomic E-state index is 12.4. The van der Waals surface area contributed by atoms with Crippen LogP contribution < -0.4 is 5.32 Å². The Bertz CT molecular complexity index is 611. The summed E-state index contributed by atoms with van der Waals surface area (Å²) in [5, 5.41) is 2.30.